The Balaban J connectivity index is 2.08. The molecule has 0 bridgehead atoms. The molecule has 0 saturated heterocycles. The Morgan fingerprint density at radius 3 is 2.88 bits per heavy atom. The molecule has 0 aliphatic carbocycles. The van der Waals surface area contributed by atoms with Crippen LogP contribution in [-0.4, -0.2) is 4.98 Å². The molecule has 0 amide bonds. The van der Waals surface area contributed by atoms with Crippen molar-refractivity contribution in [3.05, 3.63) is 53.2 Å². The summed E-state index contributed by atoms with van der Waals surface area (Å²) in [5.41, 5.74) is 7.19. The first-order chi connectivity index (χ1) is 7.75. The molecule has 0 spiro atoms. The van der Waals surface area contributed by atoms with Crippen LogP contribution in [0.5, 0.6) is 5.88 Å². The lowest BCUT2D eigenvalue weighted by Crippen LogP contribution is -1.98. The fourth-order valence-electron chi connectivity index (χ4n) is 1.29. The minimum atomic E-state index is 0.362. The number of nitrogens with two attached hydrogens (primary N) is 1. The molecule has 2 aromatic rings. The largest absolute Gasteiger partial charge is 0.473 e. The zero-order chi connectivity index (χ0) is 11.4. The standard InChI is InChI=1S/C12H11ClN2O/c13-11-5-4-10(14)7-9(11)8-16-12-3-1-2-6-15-12/h1-7H,8,14H2. The maximum Gasteiger partial charge on any atom is 0.213 e. The summed E-state index contributed by atoms with van der Waals surface area (Å²) in [5, 5.41) is 0.644. The predicted molar refractivity (Wildman–Crippen MR) is 64.4 cm³/mol. The zero-order valence-corrected chi connectivity index (χ0v) is 9.32. The van der Waals surface area contributed by atoms with Crippen LogP contribution in [0.15, 0.2) is 42.6 Å². The molecule has 2 rings (SSSR count). The molecule has 0 fully saturated rings. The normalized spacial score (nSPS) is 10.1. The molecule has 1 aromatic heterocycles. The second kappa shape index (κ2) is 4.86. The lowest BCUT2D eigenvalue weighted by molar-refractivity contribution is 0.294. The highest BCUT2D eigenvalue weighted by Crippen LogP contribution is 2.20. The Labute approximate surface area is 98.8 Å². The molecule has 1 heterocycles. The van der Waals surface area contributed by atoms with E-state index in [0.29, 0.717) is 23.2 Å². The van der Waals surface area contributed by atoms with Gasteiger partial charge in [0.1, 0.15) is 6.61 Å². The molecular formula is C12H11ClN2O. The van der Waals surface area contributed by atoms with E-state index in [4.69, 9.17) is 22.1 Å². The molecule has 2 N–H and O–H groups in total. The number of ether oxygens (including phenoxy) is 1. The second-order valence-corrected chi connectivity index (χ2v) is 3.71. The number of nitrogens with zero attached hydrogens (tertiary/aromatic N) is 1. The van der Waals surface area contributed by atoms with Crippen molar-refractivity contribution in [1.82, 2.24) is 4.98 Å². The highest BCUT2D eigenvalue weighted by molar-refractivity contribution is 6.31. The van der Waals surface area contributed by atoms with Crippen molar-refractivity contribution in [2.24, 2.45) is 0 Å². The Hall–Kier alpha value is -1.74. The summed E-state index contributed by atoms with van der Waals surface area (Å²) in [6.45, 7) is 0.362. The van der Waals surface area contributed by atoms with E-state index in [2.05, 4.69) is 4.98 Å². The third-order valence-electron chi connectivity index (χ3n) is 2.08. The molecule has 4 heteroatoms. The average molecular weight is 235 g/mol. The summed E-state index contributed by atoms with van der Waals surface area (Å²) < 4.78 is 5.48. The topological polar surface area (TPSA) is 48.1 Å². The van der Waals surface area contributed by atoms with Crippen LogP contribution in [-0.2, 0) is 6.61 Å². The van der Waals surface area contributed by atoms with E-state index < -0.39 is 0 Å². The van der Waals surface area contributed by atoms with Crippen molar-refractivity contribution in [3.8, 4) is 5.88 Å². The first-order valence-electron chi connectivity index (χ1n) is 4.83. The van der Waals surface area contributed by atoms with Crippen LogP contribution in [0.4, 0.5) is 5.69 Å². The highest BCUT2D eigenvalue weighted by Gasteiger charge is 2.02. The van der Waals surface area contributed by atoms with E-state index in [-0.39, 0.29) is 0 Å². The van der Waals surface area contributed by atoms with Crippen LogP contribution in [0.3, 0.4) is 0 Å². The lowest BCUT2D eigenvalue weighted by Gasteiger charge is -2.07. The van der Waals surface area contributed by atoms with Gasteiger partial charge in [-0.05, 0) is 24.3 Å². The lowest BCUT2D eigenvalue weighted by atomic mass is 10.2. The van der Waals surface area contributed by atoms with E-state index in [1.165, 1.54) is 0 Å². The van der Waals surface area contributed by atoms with Gasteiger partial charge in [-0.2, -0.15) is 0 Å². The predicted octanol–water partition coefficient (Wildman–Crippen LogP) is 2.90. The molecular weight excluding hydrogens is 224 g/mol. The van der Waals surface area contributed by atoms with Crippen molar-refractivity contribution in [2.45, 2.75) is 6.61 Å². The smallest absolute Gasteiger partial charge is 0.213 e. The summed E-state index contributed by atoms with van der Waals surface area (Å²) in [4.78, 5) is 4.05. The minimum Gasteiger partial charge on any atom is -0.473 e. The van der Waals surface area contributed by atoms with Crippen LogP contribution in [0.2, 0.25) is 5.02 Å². The number of hydrogen-bond donors (Lipinski definition) is 1. The molecule has 3 nitrogen and oxygen atoms in total. The number of pyridine rings is 1. The van der Waals surface area contributed by atoms with Gasteiger partial charge in [-0.25, -0.2) is 4.98 Å². The van der Waals surface area contributed by atoms with Crippen LogP contribution in [0.1, 0.15) is 5.56 Å². The van der Waals surface area contributed by atoms with E-state index in [1.54, 1.807) is 30.5 Å². The van der Waals surface area contributed by atoms with E-state index in [1.807, 2.05) is 12.1 Å². The number of benzene rings is 1. The first kappa shape index (κ1) is 10.8. The van der Waals surface area contributed by atoms with Crippen LogP contribution < -0.4 is 10.5 Å². The Morgan fingerprint density at radius 1 is 1.25 bits per heavy atom. The van der Waals surface area contributed by atoms with Crippen LogP contribution in [0, 0.1) is 0 Å². The van der Waals surface area contributed by atoms with Gasteiger partial charge in [-0.15, -0.1) is 0 Å². The van der Waals surface area contributed by atoms with Crippen LogP contribution in [0.25, 0.3) is 0 Å². The van der Waals surface area contributed by atoms with E-state index in [0.717, 1.165) is 5.56 Å². The number of aromatic nitrogens is 1. The van der Waals surface area contributed by atoms with Gasteiger partial charge in [0.25, 0.3) is 0 Å². The summed E-state index contributed by atoms with van der Waals surface area (Å²) in [7, 11) is 0. The third kappa shape index (κ3) is 2.64. The van der Waals surface area contributed by atoms with Gasteiger partial charge in [0.2, 0.25) is 5.88 Å². The molecule has 82 valence electrons. The molecule has 0 saturated carbocycles. The van der Waals surface area contributed by atoms with E-state index in [9.17, 15) is 0 Å². The first-order valence-corrected chi connectivity index (χ1v) is 5.21. The minimum absolute atomic E-state index is 0.362. The molecule has 0 radical (unpaired) electrons. The van der Waals surface area contributed by atoms with E-state index >= 15 is 0 Å². The number of halogens is 1. The fraction of sp³-hybridized carbons (Fsp3) is 0.0833. The molecule has 1 aromatic carbocycles. The maximum absolute atomic E-state index is 6.01. The second-order valence-electron chi connectivity index (χ2n) is 3.31. The van der Waals surface area contributed by atoms with Gasteiger partial charge >= 0.3 is 0 Å². The van der Waals surface area contributed by atoms with Gasteiger partial charge in [0, 0.05) is 28.5 Å². The number of rotatable bonds is 3. The molecule has 0 atom stereocenters. The van der Waals surface area contributed by atoms with Crippen molar-refractivity contribution >= 4 is 17.3 Å². The average Bonchev–Trinajstić information content (AvgIpc) is 2.32. The van der Waals surface area contributed by atoms with Crippen LogP contribution >= 0.6 is 11.6 Å². The van der Waals surface area contributed by atoms with Gasteiger partial charge < -0.3 is 10.5 Å². The van der Waals surface area contributed by atoms with Gasteiger partial charge in [-0.1, -0.05) is 17.7 Å². The molecule has 0 aliphatic heterocycles. The van der Waals surface area contributed by atoms with Crippen molar-refractivity contribution < 1.29 is 4.74 Å². The Kier molecular flexibility index (Phi) is 3.27. The summed E-state index contributed by atoms with van der Waals surface area (Å²) >= 11 is 6.01. The summed E-state index contributed by atoms with van der Waals surface area (Å²) in [6, 6.07) is 10.8. The van der Waals surface area contributed by atoms with Crippen molar-refractivity contribution in [2.75, 3.05) is 5.73 Å². The van der Waals surface area contributed by atoms with Crippen molar-refractivity contribution in [1.29, 1.82) is 0 Å². The SMILES string of the molecule is Nc1ccc(Cl)c(COc2ccccn2)c1. The molecule has 16 heavy (non-hydrogen) atoms. The van der Waals surface area contributed by atoms with Gasteiger partial charge in [-0.3, -0.25) is 0 Å². The Bertz CT molecular complexity index is 474. The number of nitrogen functional groups attached to an aromatic ring is 1. The quantitative estimate of drug-likeness (QED) is 0.831. The number of hydrogen-bond acceptors (Lipinski definition) is 3. The number of anilines is 1. The zero-order valence-electron chi connectivity index (χ0n) is 8.56. The van der Waals surface area contributed by atoms with Gasteiger partial charge in [0.05, 0.1) is 0 Å². The van der Waals surface area contributed by atoms with Gasteiger partial charge in [0.15, 0.2) is 0 Å². The summed E-state index contributed by atoms with van der Waals surface area (Å²) in [6.07, 6.45) is 1.68. The fourth-order valence-corrected chi connectivity index (χ4v) is 1.46. The third-order valence-corrected chi connectivity index (χ3v) is 2.45. The molecule has 0 aliphatic rings. The Morgan fingerprint density at radius 2 is 2.12 bits per heavy atom. The monoisotopic (exact) mass is 234 g/mol. The highest BCUT2D eigenvalue weighted by atomic mass is 35.5. The van der Waals surface area contributed by atoms with Crippen molar-refractivity contribution in [3.63, 3.8) is 0 Å². The molecule has 0 unspecified atom stereocenters. The maximum atomic E-state index is 6.01. The summed E-state index contributed by atoms with van der Waals surface area (Å²) in [5.74, 6) is 0.570.